The molecule has 0 saturated heterocycles. The third-order valence-corrected chi connectivity index (χ3v) is 8.61. The van der Waals surface area contributed by atoms with E-state index in [1.54, 1.807) is 6.07 Å². The zero-order chi connectivity index (χ0) is 25.1. The molecule has 5 rings (SSSR count). The van der Waals surface area contributed by atoms with E-state index in [9.17, 15) is 29.8 Å². The van der Waals surface area contributed by atoms with E-state index in [0.29, 0.717) is 35.7 Å². The van der Waals surface area contributed by atoms with Crippen LogP contribution in [0.1, 0.15) is 72.0 Å². The molecule has 2 aromatic carbocycles. The highest BCUT2D eigenvalue weighted by Gasteiger charge is 2.54. The van der Waals surface area contributed by atoms with E-state index in [1.165, 1.54) is 12.5 Å². The van der Waals surface area contributed by atoms with E-state index in [1.807, 2.05) is 12.1 Å². The van der Waals surface area contributed by atoms with Gasteiger partial charge < -0.3 is 4.74 Å². The Morgan fingerprint density at radius 1 is 1.06 bits per heavy atom. The molecule has 0 N–H and O–H groups in total. The number of aryl methyl sites for hydroxylation is 1. The molecule has 2 saturated carbocycles. The van der Waals surface area contributed by atoms with Crippen molar-refractivity contribution in [1.29, 1.82) is 0 Å². The Labute approximate surface area is 201 Å². The number of nitrogens with zero attached hydrogens (tertiary/aromatic N) is 2. The van der Waals surface area contributed by atoms with Crippen LogP contribution in [0.3, 0.4) is 0 Å². The summed E-state index contributed by atoms with van der Waals surface area (Å²) < 4.78 is 5.52. The van der Waals surface area contributed by atoms with Crippen LogP contribution < -0.4 is 4.74 Å². The van der Waals surface area contributed by atoms with Gasteiger partial charge in [0.25, 0.3) is 11.4 Å². The molecule has 4 atom stereocenters. The maximum atomic E-state index is 12.9. The van der Waals surface area contributed by atoms with Crippen LogP contribution in [0.25, 0.3) is 0 Å². The van der Waals surface area contributed by atoms with Gasteiger partial charge >= 0.3 is 5.97 Å². The van der Waals surface area contributed by atoms with Crippen molar-refractivity contribution in [3.05, 3.63) is 72.8 Å². The summed E-state index contributed by atoms with van der Waals surface area (Å²) in [6.07, 6.45) is 5.32. The molecular weight excluding hydrogens is 452 g/mol. The standard InChI is InChI=1S/C26H26N2O7/c1-14-21(12-16(27(31)32)13-23(14)28(33)34)25(30)35-17-4-6-18-15(11-17)3-5-20-19(18)9-10-26(2)22(20)7-8-24(26)29/h4,6,11-13,19-20,22H,3,5,7-10H2,1-2H3/t19?,20?,22?,26-/m0/s1. The van der Waals surface area contributed by atoms with Gasteiger partial charge in [-0.25, -0.2) is 4.79 Å². The Kier molecular flexibility index (Phi) is 5.45. The number of carbonyl (C=O) groups excluding carboxylic acids is 2. The first kappa shape index (κ1) is 23.1. The van der Waals surface area contributed by atoms with E-state index >= 15 is 0 Å². The Morgan fingerprint density at radius 2 is 1.83 bits per heavy atom. The quantitative estimate of drug-likeness (QED) is 0.247. The Hall–Kier alpha value is -3.62. The van der Waals surface area contributed by atoms with Crippen LogP contribution in [0.2, 0.25) is 0 Å². The van der Waals surface area contributed by atoms with E-state index in [2.05, 4.69) is 6.92 Å². The van der Waals surface area contributed by atoms with Crippen molar-refractivity contribution >= 4 is 23.1 Å². The summed E-state index contributed by atoms with van der Waals surface area (Å²) >= 11 is 0. The molecule has 182 valence electrons. The average Bonchev–Trinajstić information content (AvgIpc) is 3.12. The van der Waals surface area contributed by atoms with Gasteiger partial charge in [0.05, 0.1) is 21.5 Å². The second kappa shape index (κ2) is 8.25. The number of hydrogen-bond acceptors (Lipinski definition) is 7. The Morgan fingerprint density at radius 3 is 2.54 bits per heavy atom. The predicted octanol–water partition coefficient (Wildman–Crippen LogP) is 5.46. The van der Waals surface area contributed by atoms with Gasteiger partial charge in [-0.15, -0.1) is 0 Å². The fourth-order valence-electron chi connectivity index (χ4n) is 6.75. The molecule has 35 heavy (non-hydrogen) atoms. The normalized spacial score (nSPS) is 26.9. The van der Waals surface area contributed by atoms with Gasteiger partial charge in [-0.1, -0.05) is 13.0 Å². The molecule has 2 aromatic rings. The maximum absolute atomic E-state index is 12.9. The zero-order valence-corrected chi connectivity index (χ0v) is 19.6. The number of ketones is 1. The molecule has 0 aliphatic heterocycles. The van der Waals surface area contributed by atoms with Crippen LogP contribution in [-0.2, 0) is 11.2 Å². The predicted molar refractivity (Wildman–Crippen MR) is 126 cm³/mol. The van der Waals surface area contributed by atoms with E-state index in [-0.39, 0.29) is 16.5 Å². The molecule has 0 aromatic heterocycles. The number of Topliss-reactive ketones (excluding diaryl/α,β-unsaturated/α-hetero) is 1. The zero-order valence-electron chi connectivity index (χ0n) is 19.6. The summed E-state index contributed by atoms with van der Waals surface area (Å²) in [6.45, 7) is 3.51. The van der Waals surface area contributed by atoms with E-state index in [0.717, 1.165) is 49.8 Å². The third kappa shape index (κ3) is 3.69. The number of fused-ring (bicyclic) bond motifs is 5. The van der Waals surface area contributed by atoms with Crippen molar-refractivity contribution in [2.24, 2.45) is 17.3 Å². The van der Waals surface area contributed by atoms with Gasteiger partial charge in [0.15, 0.2) is 0 Å². The van der Waals surface area contributed by atoms with Crippen molar-refractivity contribution in [2.75, 3.05) is 0 Å². The first-order valence-electron chi connectivity index (χ1n) is 11.9. The molecule has 0 heterocycles. The maximum Gasteiger partial charge on any atom is 0.344 e. The highest BCUT2D eigenvalue weighted by atomic mass is 16.6. The van der Waals surface area contributed by atoms with Crippen LogP contribution >= 0.6 is 0 Å². The lowest BCUT2D eigenvalue weighted by molar-refractivity contribution is -0.394. The monoisotopic (exact) mass is 478 g/mol. The fraction of sp³-hybridized carbons (Fsp3) is 0.462. The molecule has 0 radical (unpaired) electrons. The molecule has 3 unspecified atom stereocenters. The Balaban J connectivity index is 1.40. The van der Waals surface area contributed by atoms with Crippen LogP contribution in [0, 0.1) is 44.4 Å². The largest absolute Gasteiger partial charge is 0.423 e. The highest BCUT2D eigenvalue weighted by Crippen LogP contribution is 2.59. The van der Waals surface area contributed by atoms with Crippen LogP contribution in [0.15, 0.2) is 30.3 Å². The fourth-order valence-corrected chi connectivity index (χ4v) is 6.75. The second-order valence-corrected chi connectivity index (χ2v) is 10.2. The third-order valence-electron chi connectivity index (χ3n) is 8.61. The first-order valence-corrected chi connectivity index (χ1v) is 11.9. The van der Waals surface area contributed by atoms with Crippen LogP contribution in [0.5, 0.6) is 5.75 Å². The van der Waals surface area contributed by atoms with Gasteiger partial charge in [-0.05, 0) is 80.0 Å². The number of ether oxygens (including phenoxy) is 1. The molecule has 0 bridgehead atoms. The van der Waals surface area contributed by atoms with Crippen molar-refractivity contribution in [2.45, 2.75) is 58.3 Å². The topological polar surface area (TPSA) is 130 Å². The summed E-state index contributed by atoms with van der Waals surface area (Å²) in [6, 6.07) is 7.38. The summed E-state index contributed by atoms with van der Waals surface area (Å²) in [5.41, 5.74) is 0.921. The molecule has 3 aliphatic rings. The molecule has 9 nitrogen and oxygen atoms in total. The molecule has 2 fully saturated rings. The van der Waals surface area contributed by atoms with Gasteiger partial charge in [0.1, 0.15) is 11.5 Å². The van der Waals surface area contributed by atoms with E-state index < -0.39 is 27.2 Å². The number of hydrogen-bond donors (Lipinski definition) is 0. The van der Waals surface area contributed by atoms with Crippen molar-refractivity contribution in [1.82, 2.24) is 0 Å². The van der Waals surface area contributed by atoms with Gasteiger partial charge in [-0.2, -0.15) is 0 Å². The Bertz CT molecular complexity index is 1290. The van der Waals surface area contributed by atoms with Crippen molar-refractivity contribution in [3.8, 4) is 5.75 Å². The first-order chi connectivity index (χ1) is 16.6. The molecule has 0 spiro atoms. The number of nitro groups is 2. The van der Waals surface area contributed by atoms with Gasteiger partial charge in [0.2, 0.25) is 0 Å². The number of carbonyl (C=O) groups is 2. The minimum absolute atomic E-state index is 0.0165. The summed E-state index contributed by atoms with van der Waals surface area (Å²) in [5.74, 6) is 1.12. The summed E-state index contributed by atoms with van der Waals surface area (Å²) in [4.78, 5) is 46.4. The summed E-state index contributed by atoms with van der Waals surface area (Å²) in [5, 5.41) is 22.5. The molecule has 9 heteroatoms. The van der Waals surface area contributed by atoms with Crippen molar-refractivity contribution < 1.29 is 24.2 Å². The molecule has 0 amide bonds. The lowest BCUT2D eigenvalue weighted by Crippen LogP contribution is -2.42. The minimum atomic E-state index is -0.874. The summed E-state index contributed by atoms with van der Waals surface area (Å²) in [7, 11) is 0. The number of non-ortho nitro benzene ring substituents is 1. The smallest absolute Gasteiger partial charge is 0.344 e. The molecule has 3 aliphatic carbocycles. The number of benzene rings is 2. The average molecular weight is 479 g/mol. The lowest BCUT2D eigenvalue weighted by atomic mass is 9.55. The number of rotatable bonds is 4. The van der Waals surface area contributed by atoms with Crippen molar-refractivity contribution in [3.63, 3.8) is 0 Å². The van der Waals surface area contributed by atoms with E-state index in [4.69, 9.17) is 4.74 Å². The number of esters is 1. The lowest BCUT2D eigenvalue weighted by Gasteiger charge is -2.48. The SMILES string of the molecule is Cc1c(C(=O)Oc2ccc3c(c2)CCC2C3CC[C@]3(C)C(=O)CCC23)cc([N+](=O)[O-])cc1[N+](=O)[O-]. The second-order valence-electron chi connectivity index (χ2n) is 10.2. The van der Waals surface area contributed by atoms with Gasteiger partial charge in [-0.3, -0.25) is 25.0 Å². The van der Waals surface area contributed by atoms with Gasteiger partial charge in [0, 0.05) is 23.5 Å². The van der Waals surface area contributed by atoms with Crippen LogP contribution in [0.4, 0.5) is 11.4 Å². The van der Waals surface area contributed by atoms with Crippen LogP contribution in [-0.4, -0.2) is 21.6 Å². The molecular formula is C26H26N2O7. The highest BCUT2D eigenvalue weighted by molar-refractivity contribution is 5.94. The number of nitro benzene ring substituents is 2. The minimum Gasteiger partial charge on any atom is -0.423 e.